The highest BCUT2D eigenvalue weighted by Gasteiger charge is 2.18. The van der Waals surface area contributed by atoms with E-state index < -0.39 is 11.8 Å². The molecule has 0 radical (unpaired) electrons. The van der Waals surface area contributed by atoms with Crippen LogP contribution in [-0.2, 0) is 0 Å². The molecule has 0 atom stereocenters. The number of hydrogen-bond acceptors (Lipinski definition) is 2. The number of carbonyl (C=O) groups is 1. The molecule has 0 aliphatic heterocycles. The van der Waals surface area contributed by atoms with Gasteiger partial charge in [-0.15, -0.1) is 0 Å². The van der Waals surface area contributed by atoms with E-state index >= 15 is 0 Å². The van der Waals surface area contributed by atoms with Gasteiger partial charge in [0.2, 0.25) is 0 Å². The molecule has 1 aromatic carbocycles. The largest absolute Gasteiger partial charge is 0.478 e. The highest BCUT2D eigenvalue weighted by atomic mass is 19.1. The van der Waals surface area contributed by atoms with Crippen LogP contribution < -0.4 is 5.32 Å². The second-order valence-electron chi connectivity index (χ2n) is 5.51. The first-order chi connectivity index (χ1) is 9.06. The van der Waals surface area contributed by atoms with Gasteiger partial charge in [0.25, 0.3) is 0 Å². The molecule has 1 aliphatic carbocycles. The minimum atomic E-state index is -1.23. The molecule has 0 unspecified atom stereocenters. The first-order valence-electron chi connectivity index (χ1n) is 6.83. The van der Waals surface area contributed by atoms with Gasteiger partial charge in [0, 0.05) is 12.2 Å². The lowest BCUT2D eigenvalue weighted by Crippen LogP contribution is -2.20. The third kappa shape index (κ3) is 3.69. The summed E-state index contributed by atoms with van der Waals surface area (Å²) >= 11 is 0. The Morgan fingerprint density at radius 1 is 1.37 bits per heavy atom. The SMILES string of the molecule is CC1CCC(CNc2ccc(C(=O)O)c(F)c2)CC1. The molecular weight excluding hydrogens is 245 g/mol. The van der Waals surface area contributed by atoms with Crippen LogP contribution in [0, 0.1) is 17.7 Å². The highest BCUT2D eigenvalue weighted by molar-refractivity contribution is 5.88. The fourth-order valence-corrected chi connectivity index (χ4v) is 2.59. The van der Waals surface area contributed by atoms with Gasteiger partial charge >= 0.3 is 5.97 Å². The van der Waals surface area contributed by atoms with Crippen molar-refractivity contribution in [1.29, 1.82) is 0 Å². The van der Waals surface area contributed by atoms with Crippen LogP contribution in [0.4, 0.5) is 10.1 Å². The predicted molar refractivity (Wildman–Crippen MR) is 73.0 cm³/mol. The molecule has 0 saturated heterocycles. The fourth-order valence-electron chi connectivity index (χ4n) is 2.59. The number of hydrogen-bond donors (Lipinski definition) is 2. The Balaban J connectivity index is 1.89. The van der Waals surface area contributed by atoms with Crippen LogP contribution in [0.25, 0.3) is 0 Å². The fraction of sp³-hybridized carbons (Fsp3) is 0.533. The Kier molecular flexibility index (Phi) is 4.40. The number of anilines is 1. The summed E-state index contributed by atoms with van der Waals surface area (Å²) in [5, 5.41) is 12.0. The normalized spacial score (nSPS) is 23.1. The van der Waals surface area contributed by atoms with Gasteiger partial charge < -0.3 is 10.4 Å². The number of carboxylic acids is 1. The lowest BCUT2D eigenvalue weighted by molar-refractivity contribution is 0.0692. The molecule has 104 valence electrons. The molecule has 1 fully saturated rings. The number of nitrogens with one attached hydrogen (secondary N) is 1. The molecular formula is C15H20FNO2. The topological polar surface area (TPSA) is 49.3 Å². The first-order valence-corrected chi connectivity index (χ1v) is 6.83. The average Bonchev–Trinajstić information content (AvgIpc) is 2.37. The molecule has 3 nitrogen and oxygen atoms in total. The Morgan fingerprint density at radius 2 is 2.05 bits per heavy atom. The van der Waals surface area contributed by atoms with Crippen molar-refractivity contribution in [3.8, 4) is 0 Å². The quantitative estimate of drug-likeness (QED) is 0.871. The third-order valence-corrected chi connectivity index (χ3v) is 3.93. The number of rotatable bonds is 4. The van der Waals surface area contributed by atoms with Gasteiger partial charge in [-0.25, -0.2) is 9.18 Å². The van der Waals surface area contributed by atoms with Crippen molar-refractivity contribution >= 4 is 11.7 Å². The first kappa shape index (κ1) is 13.8. The Labute approximate surface area is 112 Å². The van der Waals surface area contributed by atoms with Crippen molar-refractivity contribution in [3.05, 3.63) is 29.6 Å². The van der Waals surface area contributed by atoms with E-state index in [1.165, 1.54) is 37.8 Å². The zero-order valence-electron chi connectivity index (χ0n) is 11.2. The molecule has 0 heterocycles. The molecule has 1 saturated carbocycles. The van der Waals surface area contributed by atoms with Gasteiger partial charge in [-0.1, -0.05) is 19.8 Å². The second-order valence-corrected chi connectivity index (χ2v) is 5.51. The van der Waals surface area contributed by atoms with E-state index in [-0.39, 0.29) is 5.56 Å². The average molecular weight is 265 g/mol. The van der Waals surface area contributed by atoms with E-state index in [2.05, 4.69) is 12.2 Å². The maximum Gasteiger partial charge on any atom is 0.338 e. The molecule has 0 aromatic heterocycles. The molecule has 2 N–H and O–H groups in total. The van der Waals surface area contributed by atoms with E-state index in [9.17, 15) is 9.18 Å². The number of carboxylic acid groups (broad SMARTS) is 1. The summed E-state index contributed by atoms with van der Waals surface area (Å²) in [5.41, 5.74) is 0.373. The minimum absolute atomic E-state index is 0.281. The number of benzene rings is 1. The van der Waals surface area contributed by atoms with E-state index in [0.29, 0.717) is 11.6 Å². The highest BCUT2D eigenvalue weighted by Crippen LogP contribution is 2.28. The maximum absolute atomic E-state index is 13.5. The van der Waals surface area contributed by atoms with Crippen LogP contribution in [0.1, 0.15) is 43.0 Å². The molecule has 1 aliphatic rings. The van der Waals surface area contributed by atoms with Gasteiger partial charge in [-0.3, -0.25) is 0 Å². The molecule has 4 heteroatoms. The summed E-state index contributed by atoms with van der Waals surface area (Å²) in [5.74, 6) is -0.456. The zero-order chi connectivity index (χ0) is 13.8. The van der Waals surface area contributed by atoms with Gasteiger partial charge in [-0.05, 0) is 42.9 Å². The standard InChI is InChI=1S/C15H20FNO2/c1-10-2-4-11(5-3-10)9-17-12-6-7-13(15(18)19)14(16)8-12/h6-8,10-11,17H,2-5,9H2,1H3,(H,18,19). The van der Waals surface area contributed by atoms with E-state index in [0.717, 1.165) is 12.5 Å². The van der Waals surface area contributed by atoms with Crippen molar-refractivity contribution in [3.63, 3.8) is 0 Å². The van der Waals surface area contributed by atoms with Gasteiger partial charge in [0.1, 0.15) is 5.82 Å². The smallest absolute Gasteiger partial charge is 0.338 e. The van der Waals surface area contributed by atoms with E-state index in [1.807, 2.05) is 0 Å². The molecule has 19 heavy (non-hydrogen) atoms. The summed E-state index contributed by atoms with van der Waals surface area (Å²) in [6, 6.07) is 4.19. The summed E-state index contributed by atoms with van der Waals surface area (Å²) in [4.78, 5) is 10.7. The molecule has 0 spiro atoms. The van der Waals surface area contributed by atoms with E-state index in [4.69, 9.17) is 5.11 Å². The summed E-state index contributed by atoms with van der Waals surface area (Å²) in [6.07, 6.45) is 4.95. The Bertz CT molecular complexity index is 453. The number of halogens is 1. The van der Waals surface area contributed by atoms with Crippen molar-refractivity contribution in [2.24, 2.45) is 11.8 Å². The van der Waals surface area contributed by atoms with Crippen LogP contribution in [0.3, 0.4) is 0 Å². The zero-order valence-corrected chi connectivity index (χ0v) is 11.2. The van der Waals surface area contributed by atoms with Crippen molar-refractivity contribution in [2.45, 2.75) is 32.6 Å². The molecule has 2 rings (SSSR count). The predicted octanol–water partition coefficient (Wildman–Crippen LogP) is 3.76. The summed E-state index contributed by atoms with van der Waals surface area (Å²) < 4.78 is 13.5. The Hall–Kier alpha value is -1.58. The van der Waals surface area contributed by atoms with Crippen molar-refractivity contribution in [2.75, 3.05) is 11.9 Å². The minimum Gasteiger partial charge on any atom is -0.478 e. The molecule has 0 amide bonds. The van der Waals surface area contributed by atoms with Gasteiger partial charge in [0.15, 0.2) is 0 Å². The van der Waals surface area contributed by atoms with Crippen LogP contribution in [0.2, 0.25) is 0 Å². The maximum atomic E-state index is 13.5. The number of aromatic carboxylic acids is 1. The second kappa shape index (κ2) is 6.04. The summed E-state index contributed by atoms with van der Waals surface area (Å²) in [7, 11) is 0. The van der Waals surface area contributed by atoms with Crippen LogP contribution in [0.5, 0.6) is 0 Å². The van der Waals surface area contributed by atoms with E-state index in [1.54, 1.807) is 6.07 Å². The Morgan fingerprint density at radius 3 is 2.63 bits per heavy atom. The van der Waals surface area contributed by atoms with Gasteiger partial charge in [-0.2, -0.15) is 0 Å². The third-order valence-electron chi connectivity index (χ3n) is 3.93. The molecule has 1 aromatic rings. The molecule has 0 bridgehead atoms. The monoisotopic (exact) mass is 265 g/mol. The lowest BCUT2D eigenvalue weighted by Gasteiger charge is -2.26. The van der Waals surface area contributed by atoms with Crippen molar-refractivity contribution in [1.82, 2.24) is 0 Å². The van der Waals surface area contributed by atoms with Crippen LogP contribution in [-0.4, -0.2) is 17.6 Å². The summed E-state index contributed by atoms with van der Waals surface area (Å²) in [6.45, 7) is 3.11. The van der Waals surface area contributed by atoms with Crippen LogP contribution in [0.15, 0.2) is 18.2 Å². The lowest BCUT2D eigenvalue weighted by atomic mass is 9.83. The van der Waals surface area contributed by atoms with Gasteiger partial charge in [0.05, 0.1) is 5.56 Å². The van der Waals surface area contributed by atoms with Crippen molar-refractivity contribution < 1.29 is 14.3 Å². The van der Waals surface area contributed by atoms with Crippen LogP contribution >= 0.6 is 0 Å².